The highest BCUT2D eigenvalue weighted by molar-refractivity contribution is 6.62. The second-order valence-corrected chi connectivity index (χ2v) is 13.3. The Balaban J connectivity index is 1.34. The van der Waals surface area contributed by atoms with Crippen molar-refractivity contribution in [1.29, 1.82) is 0 Å². The average molecular weight is 660 g/mol. The minimum atomic E-state index is -0.512. The van der Waals surface area contributed by atoms with Crippen molar-refractivity contribution in [1.82, 2.24) is 0 Å². The number of hydrogen-bond acceptors (Lipinski definition) is 5. The summed E-state index contributed by atoms with van der Waals surface area (Å²) in [4.78, 5) is 16.4. The Morgan fingerprint density at radius 3 is 1.67 bits per heavy atom. The van der Waals surface area contributed by atoms with Crippen LogP contribution in [0.4, 0.5) is 5.69 Å². The van der Waals surface area contributed by atoms with Crippen LogP contribution >= 0.6 is 11.6 Å². The van der Waals surface area contributed by atoms with E-state index in [0.29, 0.717) is 40.9 Å². The van der Waals surface area contributed by atoms with Crippen LogP contribution in [0.15, 0.2) is 127 Å². The third kappa shape index (κ3) is 7.60. The monoisotopic (exact) mass is 659 g/mol. The van der Waals surface area contributed by atoms with Gasteiger partial charge in [0.05, 0.1) is 28.3 Å². The molecule has 0 radical (unpaired) electrons. The molecule has 0 unspecified atom stereocenters. The molecule has 0 N–H and O–H groups in total. The maximum absolute atomic E-state index is 14.6. The summed E-state index contributed by atoms with van der Waals surface area (Å²) in [5.74, 6) is 0.548. The summed E-state index contributed by atoms with van der Waals surface area (Å²) < 4.78 is 25.0. The number of benzene rings is 5. The van der Waals surface area contributed by atoms with Gasteiger partial charge in [0, 0.05) is 11.8 Å². The van der Waals surface area contributed by atoms with Gasteiger partial charge in [0.1, 0.15) is 24.7 Å². The number of anilines is 1. The van der Waals surface area contributed by atoms with Crippen molar-refractivity contribution in [2.24, 2.45) is 0 Å². The lowest BCUT2D eigenvalue weighted by Gasteiger charge is -2.32. The minimum absolute atomic E-state index is 0.262. The molecule has 6 nitrogen and oxygen atoms in total. The zero-order chi connectivity index (χ0) is 33.7. The lowest BCUT2D eigenvalue weighted by molar-refractivity contribution is 0.00578. The third-order valence-corrected chi connectivity index (χ3v) is 9.19. The summed E-state index contributed by atoms with van der Waals surface area (Å²) in [6.45, 7) is 9.04. The molecule has 1 amide bonds. The number of carbonyl (C=O) groups is 1. The first-order valence-corrected chi connectivity index (χ1v) is 16.5. The first-order chi connectivity index (χ1) is 23.1. The molecule has 0 spiro atoms. The number of carbonyl (C=O) groups excluding carboxylic acids is 1. The van der Waals surface area contributed by atoms with Crippen LogP contribution in [-0.4, -0.2) is 24.2 Å². The molecule has 1 fully saturated rings. The second kappa shape index (κ2) is 14.3. The fourth-order valence-corrected chi connectivity index (χ4v) is 5.60. The summed E-state index contributed by atoms with van der Waals surface area (Å²) in [5, 5.41) is 0.317. The Kier molecular flexibility index (Phi) is 9.92. The van der Waals surface area contributed by atoms with Gasteiger partial charge in [-0.25, -0.2) is 0 Å². The SMILES string of the molecule is CC1(C)OB(c2ccc(N(Cc3ccccc3)C(=O)c3cc(Cl)c(OCc4ccccc4)cc3OCc3ccccc3)cc2)OC1(C)C. The number of amides is 1. The molecule has 5 aromatic carbocycles. The van der Waals surface area contributed by atoms with Crippen LogP contribution in [0.1, 0.15) is 54.7 Å². The normalized spacial score (nSPS) is 14.8. The van der Waals surface area contributed by atoms with Crippen molar-refractivity contribution in [2.75, 3.05) is 4.90 Å². The maximum Gasteiger partial charge on any atom is 0.494 e. The summed E-state index contributed by atoms with van der Waals surface area (Å²) in [6.07, 6.45) is 0. The van der Waals surface area contributed by atoms with Gasteiger partial charge < -0.3 is 23.7 Å². The standard InChI is InChI=1S/C40H39BClNO5/c1-39(2)40(3,4)48-41(47-39)32-20-22-33(23-21-32)43(26-29-14-8-5-9-15-29)38(44)34-24-35(42)37(46-28-31-18-12-7-13-19-31)25-36(34)45-27-30-16-10-6-11-17-30/h5-25H,26-28H2,1-4H3. The van der Waals surface area contributed by atoms with Gasteiger partial charge in [-0.15, -0.1) is 0 Å². The van der Waals surface area contributed by atoms with Crippen LogP contribution in [0.3, 0.4) is 0 Å². The third-order valence-electron chi connectivity index (χ3n) is 8.90. The number of hydrogen-bond donors (Lipinski definition) is 0. The van der Waals surface area contributed by atoms with Crippen LogP contribution < -0.4 is 19.8 Å². The summed E-state index contributed by atoms with van der Waals surface area (Å²) in [6, 6.07) is 40.6. The lowest BCUT2D eigenvalue weighted by Crippen LogP contribution is -2.41. The van der Waals surface area contributed by atoms with Gasteiger partial charge in [-0.1, -0.05) is 115 Å². The van der Waals surface area contributed by atoms with E-state index in [9.17, 15) is 4.79 Å². The van der Waals surface area contributed by atoms with E-state index in [0.717, 1.165) is 22.2 Å². The number of rotatable bonds is 11. The van der Waals surface area contributed by atoms with Crippen LogP contribution in [0.25, 0.3) is 0 Å². The van der Waals surface area contributed by atoms with E-state index in [4.69, 9.17) is 30.4 Å². The maximum atomic E-state index is 14.6. The van der Waals surface area contributed by atoms with Gasteiger partial charge in [-0.3, -0.25) is 4.79 Å². The van der Waals surface area contributed by atoms with Crippen molar-refractivity contribution in [2.45, 2.75) is 58.7 Å². The molecular formula is C40H39BClNO5. The van der Waals surface area contributed by atoms with E-state index in [1.165, 1.54) is 0 Å². The van der Waals surface area contributed by atoms with Gasteiger partial charge in [0.25, 0.3) is 5.91 Å². The Labute approximate surface area is 288 Å². The number of halogens is 1. The number of ether oxygens (including phenoxy) is 2. The van der Waals surface area contributed by atoms with Crippen molar-refractivity contribution in [3.63, 3.8) is 0 Å². The molecule has 6 rings (SSSR count). The zero-order valence-electron chi connectivity index (χ0n) is 27.7. The summed E-state index contributed by atoms with van der Waals surface area (Å²) >= 11 is 6.80. The van der Waals surface area contributed by atoms with Crippen LogP contribution in [0.2, 0.25) is 5.02 Å². The van der Waals surface area contributed by atoms with Crippen LogP contribution in [0, 0.1) is 0 Å². The van der Waals surface area contributed by atoms with E-state index >= 15 is 0 Å². The fourth-order valence-electron chi connectivity index (χ4n) is 5.38. The smallest absolute Gasteiger partial charge is 0.488 e. The molecule has 1 heterocycles. The van der Waals surface area contributed by atoms with Crippen molar-refractivity contribution in [3.05, 3.63) is 155 Å². The molecule has 5 aromatic rings. The topological polar surface area (TPSA) is 57.2 Å². The quantitative estimate of drug-likeness (QED) is 0.133. The lowest BCUT2D eigenvalue weighted by atomic mass is 9.79. The molecule has 1 aliphatic heterocycles. The molecule has 0 bridgehead atoms. The van der Waals surface area contributed by atoms with Gasteiger partial charge >= 0.3 is 7.12 Å². The summed E-state index contributed by atoms with van der Waals surface area (Å²) in [7, 11) is -0.512. The van der Waals surface area contributed by atoms with E-state index in [1.807, 2.05) is 143 Å². The molecular weight excluding hydrogens is 621 g/mol. The predicted octanol–water partition coefficient (Wildman–Crippen LogP) is 8.64. The first kappa shape index (κ1) is 33.3. The van der Waals surface area contributed by atoms with Crippen LogP contribution in [-0.2, 0) is 29.1 Å². The van der Waals surface area contributed by atoms with Gasteiger partial charge in [0.15, 0.2) is 0 Å². The molecule has 1 aliphatic rings. The molecule has 48 heavy (non-hydrogen) atoms. The molecule has 1 saturated heterocycles. The van der Waals surface area contributed by atoms with Crippen molar-refractivity contribution < 1.29 is 23.6 Å². The molecule has 0 saturated carbocycles. The molecule has 0 atom stereocenters. The van der Waals surface area contributed by atoms with Crippen molar-refractivity contribution in [3.8, 4) is 11.5 Å². The van der Waals surface area contributed by atoms with E-state index in [1.54, 1.807) is 17.0 Å². The van der Waals surface area contributed by atoms with Crippen LogP contribution in [0.5, 0.6) is 11.5 Å². The van der Waals surface area contributed by atoms with E-state index in [-0.39, 0.29) is 12.5 Å². The summed E-state index contributed by atoms with van der Waals surface area (Å²) in [5.41, 5.74) is 3.93. The Morgan fingerprint density at radius 1 is 0.667 bits per heavy atom. The molecule has 8 heteroatoms. The molecule has 0 aliphatic carbocycles. The molecule has 0 aromatic heterocycles. The van der Waals surface area contributed by atoms with Crippen molar-refractivity contribution >= 4 is 35.8 Å². The highest BCUT2D eigenvalue weighted by Gasteiger charge is 2.51. The Bertz CT molecular complexity index is 1820. The fraction of sp³-hybridized carbons (Fsp3) is 0.225. The minimum Gasteiger partial charge on any atom is -0.488 e. The molecule has 244 valence electrons. The number of nitrogens with zero attached hydrogens (tertiary/aromatic N) is 1. The highest BCUT2D eigenvalue weighted by Crippen LogP contribution is 2.38. The highest BCUT2D eigenvalue weighted by atomic mass is 35.5. The Morgan fingerprint density at radius 2 is 1.15 bits per heavy atom. The first-order valence-electron chi connectivity index (χ1n) is 16.1. The average Bonchev–Trinajstić information content (AvgIpc) is 3.33. The second-order valence-electron chi connectivity index (χ2n) is 12.9. The van der Waals surface area contributed by atoms with Gasteiger partial charge in [-0.05, 0) is 68.0 Å². The van der Waals surface area contributed by atoms with Gasteiger partial charge in [-0.2, -0.15) is 0 Å². The zero-order valence-corrected chi connectivity index (χ0v) is 28.4. The Hall–Kier alpha value is -4.56. The largest absolute Gasteiger partial charge is 0.494 e. The van der Waals surface area contributed by atoms with Gasteiger partial charge in [0.2, 0.25) is 0 Å². The predicted molar refractivity (Wildman–Crippen MR) is 192 cm³/mol. The van der Waals surface area contributed by atoms with E-state index in [2.05, 4.69) is 0 Å². The van der Waals surface area contributed by atoms with E-state index < -0.39 is 18.3 Å².